The fourth-order valence-corrected chi connectivity index (χ4v) is 3.46. The van der Waals surface area contributed by atoms with Crippen LogP contribution in [0.25, 0.3) is 0 Å². The second-order valence-corrected chi connectivity index (χ2v) is 6.41. The number of nitrogens with zero attached hydrogens (tertiary/aromatic N) is 1. The van der Waals surface area contributed by atoms with Crippen LogP contribution in [0.2, 0.25) is 0 Å². The summed E-state index contributed by atoms with van der Waals surface area (Å²) in [5.41, 5.74) is 0. The third-order valence-electron chi connectivity index (χ3n) is 2.72. The Morgan fingerprint density at radius 3 is 3.06 bits per heavy atom. The Hall–Kier alpha value is -0.390. The standard InChI is InChI=1S/C11H15BrN2OS/c1-2-13-9-5-6-14(11(9)15)7-8-3-4-10(12)16-8/h3-4,9,13H,2,5-7H2,1H3. The molecule has 0 bridgehead atoms. The normalized spacial score (nSPS) is 20.8. The molecule has 1 aromatic heterocycles. The van der Waals surface area contributed by atoms with Crippen molar-refractivity contribution in [1.82, 2.24) is 10.2 Å². The van der Waals surface area contributed by atoms with Crippen LogP contribution >= 0.6 is 27.3 Å². The quantitative estimate of drug-likeness (QED) is 0.925. The van der Waals surface area contributed by atoms with E-state index in [0.717, 1.165) is 29.8 Å². The van der Waals surface area contributed by atoms with Crippen molar-refractivity contribution in [2.75, 3.05) is 13.1 Å². The van der Waals surface area contributed by atoms with Gasteiger partial charge >= 0.3 is 0 Å². The van der Waals surface area contributed by atoms with E-state index in [0.29, 0.717) is 0 Å². The van der Waals surface area contributed by atoms with E-state index < -0.39 is 0 Å². The topological polar surface area (TPSA) is 32.3 Å². The van der Waals surface area contributed by atoms with Crippen LogP contribution in [-0.4, -0.2) is 29.9 Å². The van der Waals surface area contributed by atoms with Crippen molar-refractivity contribution in [2.45, 2.75) is 25.9 Å². The largest absolute Gasteiger partial charge is 0.336 e. The summed E-state index contributed by atoms with van der Waals surface area (Å²) in [6.07, 6.45) is 0.930. The van der Waals surface area contributed by atoms with Crippen molar-refractivity contribution in [3.05, 3.63) is 20.8 Å². The Morgan fingerprint density at radius 2 is 2.44 bits per heavy atom. The van der Waals surface area contributed by atoms with Crippen molar-refractivity contribution in [1.29, 1.82) is 0 Å². The number of carbonyl (C=O) groups is 1. The molecule has 1 aliphatic rings. The highest BCUT2D eigenvalue weighted by atomic mass is 79.9. The second-order valence-electron chi connectivity index (χ2n) is 3.86. The highest BCUT2D eigenvalue weighted by Gasteiger charge is 2.30. The minimum Gasteiger partial charge on any atom is -0.336 e. The van der Waals surface area contributed by atoms with Crippen LogP contribution in [-0.2, 0) is 11.3 Å². The van der Waals surface area contributed by atoms with Gasteiger partial charge in [0.1, 0.15) is 0 Å². The zero-order valence-corrected chi connectivity index (χ0v) is 11.6. The molecular formula is C11H15BrN2OS. The lowest BCUT2D eigenvalue weighted by Gasteiger charge is -2.15. The Kier molecular flexibility index (Phi) is 4.00. The molecule has 1 aliphatic heterocycles. The molecule has 1 unspecified atom stereocenters. The third kappa shape index (κ3) is 2.64. The van der Waals surface area contributed by atoms with Gasteiger partial charge in [0.15, 0.2) is 0 Å². The minimum atomic E-state index is 0.0356. The predicted molar refractivity (Wildman–Crippen MR) is 69.5 cm³/mol. The van der Waals surface area contributed by atoms with E-state index in [1.807, 2.05) is 17.9 Å². The van der Waals surface area contributed by atoms with Gasteiger partial charge in [-0.3, -0.25) is 4.79 Å². The van der Waals surface area contributed by atoms with E-state index in [1.165, 1.54) is 4.88 Å². The van der Waals surface area contributed by atoms with Crippen LogP contribution in [0.15, 0.2) is 15.9 Å². The first-order chi connectivity index (χ1) is 7.70. The van der Waals surface area contributed by atoms with Crippen LogP contribution in [0.1, 0.15) is 18.2 Å². The summed E-state index contributed by atoms with van der Waals surface area (Å²) in [6, 6.07) is 4.14. The van der Waals surface area contributed by atoms with Crippen LogP contribution in [0, 0.1) is 0 Å². The van der Waals surface area contributed by atoms with Crippen LogP contribution < -0.4 is 5.32 Å². The van der Waals surface area contributed by atoms with Gasteiger partial charge in [0.25, 0.3) is 0 Å². The number of amides is 1. The van der Waals surface area contributed by atoms with Crippen molar-refractivity contribution in [3.8, 4) is 0 Å². The van der Waals surface area contributed by atoms with Crippen molar-refractivity contribution >= 4 is 33.2 Å². The summed E-state index contributed by atoms with van der Waals surface area (Å²) in [7, 11) is 0. The van der Waals surface area contributed by atoms with E-state index in [4.69, 9.17) is 0 Å². The fraction of sp³-hybridized carbons (Fsp3) is 0.545. The van der Waals surface area contributed by atoms with Crippen LogP contribution in [0.5, 0.6) is 0 Å². The molecule has 0 spiro atoms. The molecule has 88 valence electrons. The minimum absolute atomic E-state index is 0.0356. The third-order valence-corrected chi connectivity index (χ3v) is 4.33. The number of nitrogens with one attached hydrogen (secondary N) is 1. The zero-order chi connectivity index (χ0) is 11.5. The molecule has 1 fully saturated rings. The Labute approximate surface area is 108 Å². The van der Waals surface area contributed by atoms with Gasteiger partial charge < -0.3 is 10.2 Å². The molecule has 16 heavy (non-hydrogen) atoms. The van der Waals surface area contributed by atoms with Gasteiger partial charge in [0, 0.05) is 11.4 Å². The first-order valence-electron chi connectivity index (χ1n) is 5.47. The van der Waals surface area contributed by atoms with Crippen molar-refractivity contribution < 1.29 is 4.79 Å². The Bertz CT molecular complexity index is 380. The first-order valence-corrected chi connectivity index (χ1v) is 7.08. The summed E-state index contributed by atoms with van der Waals surface area (Å²) in [6.45, 7) is 4.50. The molecule has 5 heteroatoms. The number of halogens is 1. The molecule has 1 saturated heterocycles. The number of hydrogen-bond donors (Lipinski definition) is 1. The maximum atomic E-state index is 12.0. The van der Waals surface area contributed by atoms with Crippen LogP contribution in [0.4, 0.5) is 0 Å². The smallest absolute Gasteiger partial charge is 0.240 e. The molecule has 3 nitrogen and oxygen atoms in total. The summed E-state index contributed by atoms with van der Waals surface area (Å²) in [5.74, 6) is 0.242. The molecule has 0 aliphatic carbocycles. The Balaban J connectivity index is 1.94. The molecular weight excluding hydrogens is 288 g/mol. The lowest BCUT2D eigenvalue weighted by Crippen LogP contribution is -2.37. The lowest BCUT2D eigenvalue weighted by atomic mass is 10.2. The number of carbonyl (C=O) groups excluding carboxylic acids is 1. The van der Waals surface area contributed by atoms with Crippen LogP contribution in [0.3, 0.4) is 0 Å². The second kappa shape index (κ2) is 5.29. The highest BCUT2D eigenvalue weighted by molar-refractivity contribution is 9.11. The van der Waals surface area contributed by atoms with Gasteiger partial charge in [-0.15, -0.1) is 11.3 Å². The van der Waals surface area contributed by atoms with Gasteiger partial charge in [0.2, 0.25) is 5.91 Å². The Morgan fingerprint density at radius 1 is 1.62 bits per heavy atom. The predicted octanol–water partition coefficient (Wildman–Crippen LogP) is 2.22. The SMILES string of the molecule is CCNC1CCN(Cc2ccc(Br)s2)C1=O. The molecule has 2 rings (SSSR count). The summed E-state index contributed by atoms with van der Waals surface area (Å²) >= 11 is 5.13. The summed E-state index contributed by atoms with van der Waals surface area (Å²) < 4.78 is 1.12. The fourth-order valence-electron chi connectivity index (χ4n) is 1.96. The number of hydrogen-bond acceptors (Lipinski definition) is 3. The molecule has 1 atom stereocenters. The zero-order valence-electron chi connectivity index (χ0n) is 9.20. The molecule has 0 aromatic carbocycles. The summed E-state index contributed by atoms with van der Waals surface area (Å²) in [4.78, 5) is 15.1. The first kappa shape index (κ1) is 12.1. The summed E-state index contributed by atoms with van der Waals surface area (Å²) in [5, 5.41) is 3.22. The molecule has 1 aromatic rings. The molecule has 1 amide bonds. The van der Waals surface area contributed by atoms with E-state index in [9.17, 15) is 4.79 Å². The lowest BCUT2D eigenvalue weighted by molar-refractivity contribution is -0.129. The average molecular weight is 303 g/mol. The monoisotopic (exact) mass is 302 g/mol. The van der Waals surface area contributed by atoms with Gasteiger partial charge in [-0.05, 0) is 41.0 Å². The molecule has 0 saturated carbocycles. The molecule has 0 radical (unpaired) electrons. The number of likely N-dealkylation sites (tertiary alicyclic amines) is 1. The molecule has 1 N–H and O–H groups in total. The van der Waals surface area contributed by atoms with Gasteiger partial charge in [-0.25, -0.2) is 0 Å². The van der Waals surface area contributed by atoms with E-state index >= 15 is 0 Å². The maximum Gasteiger partial charge on any atom is 0.240 e. The number of thiophene rings is 1. The number of rotatable bonds is 4. The van der Waals surface area contributed by atoms with E-state index in [2.05, 4.69) is 27.3 Å². The van der Waals surface area contributed by atoms with Crippen molar-refractivity contribution in [2.24, 2.45) is 0 Å². The molecule has 2 heterocycles. The van der Waals surface area contributed by atoms with Gasteiger partial charge in [-0.1, -0.05) is 6.92 Å². The average Bonchev–Trinajstić information content (AvgIpc) is 2.80. The van der Waals surface area contributed by atoms with E-state index in [-0.39, 0.29) is 11.9 Å². The number of likely N-dealkylation sites (N-methyl/N-ethyl adjacent to an activating group) is 1. The van der Waals surface area contributed by atoms with Crippen molar-refractivity contribution in [3.63, 3.8) is 0 Å². The maximum absolute atomic E-state index is 12.0. The van der Waals surface area contributed by atoms with E-state index in [1.54, 1.807) is 11.3 Å². The highest BCUT2D eigenvalue weighted by Crippen LogP contribution is 2.24. The van der Waals surface area contributed by atoms with Gasteiger partial charge in [-0.2, -0.15) is 0 Å². The van der Waals surface area contributed by atoms with Gasteiger partial charge in [0.05, 0.1) is 16.4 Å².